The van der Waals surface area contributed by atoms with Crippen molar-refractivity contribution in [2.75, 3.05) is 26.3 Å². The van der Waals surface area contributed by atoms with Crippen molar-refractivity contribution in [2.24, 2.45) is 5.92 Å². The van der Waals surface area contributed by atoms with E-state index < -0.39 is 23.5 Å². The summed E-state index contributed by atoms with van der Waals surface area (Å²) in [5.74, 6) is -1.88. The summed E-state index contributed by atoms with van der Waals surface area (Å²) in [6.07, 6.45) is -2.04. The maximum Gasteiger partial charge on any atom is 0.419 e. The van der Waals surface area contributed by atoms with Gasteiger partial charge < -0.3 is 10.0 Å². The number of carboxylic acids is 1. The van der Waals surface area contributed by atoms with E-state index in [1.165, 1.54) is 18.2 Å². The molecule has 5 rings (SSSR count). The van der Waals surface area contributed by atoms with Gasteiger partial charge in [-0.25, -0.2) is 9.18 Å². The maximum absolute atomic E-state index is 15.4. The molecule has 8 heteroatoms. The van der Waals surface area contributed by atoms with Crippen molar-refractivity contribution in [1.82, 2.24) is 4.90 Å². The summed E-state index contributed by atoms with van der Waals surface area (Å²) < 4.78 is 68.6. The van der Waals surface area contributed by atoms with E-state index >= 15 is 4.39 Å². The maximum atomic E-state index is 15.4. The molecule has 0 saturated carbocycles. The fourth-order valence-corrected chi connectivity index (χ4v) is 5.92. The Kier molecular flexibility index (Phi) is 8.08. The quantitative estimate of drug-likeness (QED) is 0.290. The molecule has 2 aliphatic rings. The highest BCUT2D eigenvalue weighted by molar-refractivity contribution is 6.00. The van der Waals surface area contributed by atoms with Crippen molar-refractivity contribution in [1.29, 1.82) is 0 Å². The summed E-state index contributed by atoms with van der Waals surface area (Å²) in [4.78, 5) is 13.9. The minimum Gasteiger partial charge on any atom is -0.478 e. The average molecular weight is 556 g/mol. The summed E-state index contributed by atoms with van der Waals surface area (Å²) in [6, 6.07) is 15.9. The van der Waals surface area contributed by atoms with Gasteiger partial charge in [-0.05, 0) is 89.6 Å². The zero-order valence-electron chi connectivity index (χ0n) is 21.9. The minimum atomic E-state index is -4.83. The highest BCUT2D eigenvalue weighted by atomic mass is 19.4. The van der Waals surface area contributed by atoms with Crippen molar-refractivity contribution < 1.29 is 31.9 Å². The first-order valence-electron chi connectivity index (χ1n) is 13.5. The Morgan fingerprint density at radius 3 is 2.40 bits per heavy atom. The van der Waals surface area contributed by atoms with Crippen molar-refractivity contribution in [2.45, 2.75) is 38.3 Å². The van der Waals surface area contributed by atoms with Crippen molar-refractivity contribution >= 4 is 17.1 Å². The fraction of sp³-hybridized carbons (Fsp3) is 0.344. The first-order valence-corrected chi connectivity index (χ1v) is 13.5. The van der Waals surface area contributed by atoms with Crippen LogP contribution in [0, 0.1) is 11.7 Å². The van der Waals surface area contributed by atoms with Crippen LogP contribution in [0.2, 0.25) is 0 Å². The molecular weight excluding hydrogens is 525 g/mol. The van der Waals surface area contributed by atoms with Gasteiger partial charge in [-0.2, -0.15) is 13.2 Å². The van der Waals surface area contributed by atoms with Gasteiger partial charge in [0.05, 0.1) is 17.8 Å². The zero-order chi connectivity index (χ0) is 28.4. The first kappa shape index (κ1) is 28.0. The second kappa shape index (κ2) is 11.5. The van der Waals surface area contributed by atoms with Crippen LogP contribution < -0.4 is 0 Å². The standard InChI is InChI=1S/C32H30F5NO2/c33-14-3-15-38-18-21(19-38)16-20-8-10-22(11-9-20)29-25-13-12-24(31(39)40)17-23(25)4-1-5-26(29)27-6-2-7-28(30(27)34)32(35,36)37/h2,6-13,17,21H,1,3-5,14-16,18-19H2,(H,39,40). The van der Waals surface area contributed by atoms with E-state index in [0.717, 1.165) is 48.8 Å². The Hall–Kier alpha value is -3.52. The molecule has 3 aromatic carbocycles. The molecule has 0 atom stereocenters. The third-order valence-electron chi connectivity index (χ3n) is 7.83. The Morgan fingerprint density at radius 2 is 1.73 bits per heavy atom. The van der Waals surface area contributed by atoms with E-state index in [2.05, 4.69) is 4.90 Å². The van der Waals surface area contributed by atoms with Crippen molar-refractivity contribution in [3.05, 3.63) is 105 Å². The molecular formula is C32H30F5NO2. The molecule has 3 nitrogen and oxygen atoms in total. The van der Waals surface area contributed by atoms with E-state index in [4.69, 9.17) is 0 Å². The van der Waals surface area contributed by atoms with Crippen LogP contribution in [0.1, 0.15) is 63.0 Å². The minimum absolute atomic E-state index is 0.0908. The average Bonchev–Trinajstić information content (AvgIpc) is 3.08. The molecule has 210 valence electrons. The molecule has 1 N–H and O–H groups in total. The molecule has 1 aliphatic heterocycles. The van der Waals surface area contributed by atoms with Crippen LogP contribution in [0.15, 0.2) is 60.7 Å². The van der Waals surface area contributed by atoms with Crippen LogP contribution in [0.5, 0.6) is 0 Å². The fourth-order valence-electron chi connectivity index (χ4n) is 5.92. The van der Waals surface area contributed by atoms with Gasteiger partial charge in [-0.1, -0.05) is 42.5 Å². The summed E-state index contributed by atoms with van der Waals surface area (Å²) in [7, 11) is 0. The molecule has 0 amide bonds. The second-order valence-electron chi connectivity index (χ2n) is 10.6. The number of halogens is 5. The van der Waals surface area contributed by atoms with Gasteiger partial charge >= 0.3 is 12.1 Å². The smallest absolute Gasteiger partial charge is 0.419 e. The monoisotopic (exact) mass is 555 g/mol. The number of carbonyl (C=O) groups is 1. The lowest BCUT2D eigenvalue weighted by Crippen LogP contribution is -2.47. The van der Waals surface area contributed by atoms with Crippen LogP contribution in [0.25, 0.3) is 11.1 Å². The molecule has 0 spiro atoms. The first-order chi connectivity index (χ1) is 19.2. The topological polar surface area (TPSA) is 40.5 Å². The number of nitrogens with zero attached hydrogens (tertiary/aromatic N) is 1. The Bertz CT molecular complexity index is 1420. The predicted octanol–water partition coefficient (Wildman–Crippen LogP) is 7.67. The molecule has 40 heavy (non-hydrogen) atoms. The highest BCUT2D eigenvalue weighted by Gasteiger charge is 2.36. The van der Waals surface area contributed by atoms with Gasteiger partial charge in [0.1, 0.15) is 5.82 Å². The third kappa shape index (κ3) is 5.82. The van der Waals surface area contributed by atoms with Crippen LogP contribution in [0.3, 0.4) is 0 Å². The van der Waals surface area contributed by atoms with E-state index in [9.17, 15) is 27.5 Å². The number of likely N-dealkylation sites (tertiary alicyclic amines) is 1. The predicted molar refractivity (Wildman–Crippen MR) is 144 cm³/mol. The van der Waals surface area contributed by atoms with E-state index in [1.807, 2.05) is 24.3 Å². The van der Waals surface area contributed by atoms with E-state index in [0.29, 0.717) is 48.3 Å². The molecule has 1 heterocycles. The summed E-state index contributed by atoms with van der Waals surface area (Å²) in [5, 5.41) is 9.51. The summed E-state index contributed by atoms with van der Waals surface area (Å²) in [5.41, 5.74) is 3.14. The number of benzene rings is 3. The van der Waals surface area contributed by atoms with E-state index in [1.54, 1.807) is 12.1 Å². The van der Waals surface area contributed by atoms with Gasteiger partial charge in [-0.3, -0.25) is 4.39 Å². The Labute approximate surface area is 229 Å². The summed E-state index contributed by atoms with van der Waals surface area (Å²) in [6.45, 7) is 2.29. The number of aryl methyl sites for hydroxylation is 1. The lowest BCUT2D eigenvalue weighted by molar-refractivity contribution is -0.140. The number of rotatable bonds is 8. The second-order valence-corrected chi connectivity index (χ2v) is 10.6. The summed E-state index contributed by atoms with van der Waals surface area (Å²) >= 11 is 0. The molecule has 1 saturated heterocycles. The van der Waals surface area contributed by atoms with Crippen LogP contribution in [0.4, 0.5) is 22.0 Å². The molecule has 1 fully saturated rings. The molecule has 0 radical (unpaired) electrons. The number of aromatic carboxylic acids is 1. The normalized spacial score (nSPS) is 16.4. The SMILES string of the molecule is O=C(O)c1ccc2c(c1)CCCC(c1cccc(C(F)(F)F)c1F)=C2c1ccc(CC2CN(CCCF)C2)cc1. The van der Waals surface area contributed by atoms with Crippen LogP contribution in [-0.4, -0.2) is 42.3 Å². The molecule has 0 bridgehead atoms. The lowest BCUT2D eigenvalue weighted by Gasteiger charge is -2.39. The third-order valence-corrected chi connectivity index (χ3v) is 7.83. The largest absolute Gasteiger partial charge is 0.478 e. The van der Waals surface area contributed by atoms with Gasteiger partial charge in [0.15, 0.2) is 0 Å². The number of hydrogen-bond donors (Lipinski definition) is 1. The number of allylic oxidation sites excluding steroid dienone is 1. The number of hydrogen-bond acceptors (Lipinski definition) is 2. The van der Waals surface area contributed by atoms with Gasteiger partial charge in [-0.15, -0.1) is 0 Å². The van der Waals surface area contributed by atoms with Gasteiger partial charge in [0, 0.05) is 25.2 Å². The molecule has 0 unspecified atom stereocenters. The van der Waals surface area contributed by atoms with E-state index in [-0.39, 0.29) is 17.8 Å². The molecule has 1 aliphatic carbocycles. The Morgan fingerprint density at radius 1 is 0.975 bits per heavy atom. The van der Waals surface area contributed by atoms with Crippen LogP contribution in [-0.2, 0) is 19.0 Å². The number of carboxylic acid groups (broad SMARTS) is 1. The zero-order valence-corrected chi connectivity index (χ0v) is 21.9. The number of fused-ring (bicyclic) bond motifs is 1. The lowest BCUT2D eigenvalue weighted by atomic mass is 9.85. The van der Waals surface area contributed by atoms with Crippen molar-refractivity contribution in [3.8, 4) is 0 Å². The van der Waals surface area contributed by atoms with Crippen LogP contribution >= 0.6 is 0 Å². The van der Waals surface area contributed by atoms with Gasteiger partial charge in [0.2, 0.25) is 0 Å². The molecule has 3 aromatic rings. The van der Waals surface area contributed by atoms with Gasteiger partial charge in [0.25, 0.3) is 0 Å². The molecule has 0 aromatic heterocycles. The Balaban J connectivity index is 1.56. The highest BCUT2D eigenvalue weighted by Crippen LogP contribution is 2.43. The number of alkyl halides is 4. The van der Waals surface area contributed by atoms with Crippen molar-refractivity contribution in [3.63, 3.8) is 0 Å².